The van der Waals surface area contributed by atoms with Crippen molar-refractivity contribution in [2.75, 3.05) is 17.7 Å². The largest absolute Gasteiger partial charge is 0.496 e. The molecule has 0 aromatic heterocycles. The average Bonchev–Trinajstić information content (AvgIpc) is 2.73. The molecule has 3 aromatic carbocycles. The second-order valence-corrected chi connectivity index (χ2v) is 6.73. The van der Waals surface area contributed by atoms with Crippen molar-refractivity contribution in [3.05, 3.63) is 89.5 Å². The van der Waals surface area contributed by atoms with Crippen LogP contribution in [0.4, 0.5) is 11.4 Å². The van der Waals surface area contributed by atoms with E-state index in [-0.39, 0.29) is 18.2 Å². The number of methoxy groups -OCH3 is 1. The van der Waals surface area contributed by atoms with Crippen LogP contribution in [0.15, 0.2) is 72.8 Å². The predicted molar refractivity (Wildman–Crippen MR) is 116 cm³/mol. The Kier molecular flexibility index (Phi) is 6.63. The van der Waals surface area contributed by atoms with Crippen LogP contribution >= 0.6 is 0 Å². The van der Waals surface area contributed by atoms with Gasteiger partial charge in [0.1, 0.15) is 5.75 Å². The van der Waals surface area contributed by atoms with Crippen LogP contribution < -0.4 is 15.4 Å². The van der Waals surface area contributed by atoms with Gasteiger partial charge in [0.05, 0.1) is 18.4 Å². The van der Waals surface area contributed by atoms with E-state index in [0.717, 1.165) is 16.9 Å². The van der Waals surface area contributed by atoms with Crippen LogP contribution in [-0.4, -0.2) is 18.9 Å². The molecule has 0 heterocycles. The Bertz CT molecular complexity index is 1010. The number of carbonyl (C=O) groups is 2. The molecule has 148 valence electrons. The Morgan fingerprint density at radius 1 is 0.897 bits per heavy atom. The Morgan fingerprint density at radius 3 is 2.45 bits per heavy atom. The fourth-order valence-electron chi connectivity index (χ4n) is 3.08. The van der Waals surface area contributed by atoms with E-state index >= 15 is 0 Å². The SMILES string of the molecule is COc1ccccc1CCC(=O)Nc1ccccc1C(=O)Nc1cccc(C)c1. The summed E-state index contributed by atoms with van der Waals surface area (Å²) >= 11 is 0. The number of para-hydroxylation sites is 2. The summed E-state index contributed by atoms with van der Waals surface area (Å²) in [6.07, 6.45) is 0.835. The zero-order chi connectivity index (χ0) is 20.6. The summed E-state index contributed by atoms with van der Waals surface area (Å²) in [5.41, 5.74) is 3.64. The van der Waals surface area contributed by atoms with Gasteiger partial charge in [0.2, 0.25) is 5.91 Å². The van der Waals surface area contributed by atoms with Crippen molar-refractivity contribution < 1.29 is 14.3 Å². The lowest BCUT2D eigenvalue weighted by atomic mass is 10.1. The topological polar surface area (TPSA) is 67.4 Å². The van der Waals surface area contributed by atoms with Gasteiger partial charge in [0, 0.05) is 12.1 Å². The van der Waals surface area contributed by atoms with Crippen molar-refractivity contribution >= 4 is 23.2 Å². The van der Waals surface area contributed by atoms with Gasteiger partial charge < -0.3 is 15.4 Å². The zero-order valence-electron chi connectivity index (χ0n) is 16.6. The third-order valence-electron chi connectivity index (χ3n) is 4.54. The maximum absolute atomic E-state index is 12.7. The minimum atomic E-state index is -0.267. The van der Waals surface area contributed by atoms with Crippen molar-refractivity contribution in [1.82, 2.24) is 0 Å². The second-order valence-electron chi connectivity index (χ2n) is 6.73. The molecule has 3 aromatic rings. The molecule has 2 amide bonds. The number of rotatable bonds is 7. The van der Waals surface area contributed by atoms with Crippen molar-refractivity contribution in [3.8, 4) is 5.75 Å². The van der Waals surface area contributed by atoms with E-state index in [1.165, 1.54) is 0 Å². The van der Waals surface area contributed by atoms with Gasteiger partial charge in [-0.3, -0.25) is 9.59 Å². The van der Waals surface area contributed by atoms with E-state index in [2.05, 4.69) is 10.6 Å². The molecular weight excluding hydrogens is 364 g/mol. The van der Waals surface area contributed by atoms with Gasteiger partial charge in [-0.25, -0.2) is 0 Å². The molecule has 0 aliphatic carbocycles. The third kappa shape index (κ3) is 5.45. The van der Waals surface area contributed by atoms with Gasteiger partial charge >= 0.3 is 0 Å². The Labute approximate surface area is 170 Å². The quantitative estimate of drug-likeness (QED) is 0.609. The molecule has 0 aliphatic rings. The number of hydrogen-bond acceptors (Lipinski definition) is 3. The first-order valence-corrected chi connectivity index (χ1v) is 9.45. The fourth-order valence-corrected chi connectivity index (χ4v) is 3.08. The molecule has 0 bridgehead atoms. The second kappa shape index (κ2) is 9.55. The number of ether oxygens (including phenoxy) is 1. The molecular formula is C24H24N2O3. The van der Waals surface area contributed by atoms with Crippen molar-refractivity contribution in [1.29, 1.82) is 0 Å². The summed E-state index contributed by atoms with van der Waals surface area (Å²) < 4.78 is 5.33. The van der Waals surface area contributed by atoms with Crippen molar-refractivity contribution in [2.45, 2.75) is 19.8 Å². The molecule has 29 heavy (non-hydrogen) atoms. The Morgan fingerprint density at radius 2 is 1.66 bits per heavy atom. The van der Waals surface area contributed by atoms with Gasteiger partial charge in [-0.1, -0.05) is 42.5 Å². The highest BCUT2D eigenvalue weighted by atomic mass is 16.5. The monoisotopic (exact) mass is 388 g/mol. The third-order valence-corrected chi connectivity index (χ3v) is 4.54. The lowest BCUT2D eigenvalue weighted by Gasteiger charge is -2.12. The molecule has 0 fully saturated rings. The van der Waals surface area contributed by atoms with E-state index in [4.69, 9.17) is 4.74 Å². The minimum Gasteiger partial charge on any atom is -0.496 e. The molecule has 5 heteroatoms. The highest BCUT2D eigenvalue weighted by Gasteiger charge is 2.14. The van der Waals surface area contributed by atoms with Crippen molar-refractivity contribution in [3.63, 3.8) is 0 Å². The molecule has 5 nitrogen and oxygen atoms in total. The lowest BCUT2D eigenvalue weighted by molar-refractivity contribution is -0.116. The normalized spacial score (nSPS) is 10.3. The smallest absolute Gasteiger partial charge is 0.257 e. The molecule has 0 saturated carbocycles. The maximum Gasteiger partial charge on any atom is 0.257 e. The van der Waals surface area contributed by atoms with Crippen LogP contribution in [-0.2, 0) is 11.2 Å². The minimum absolute atomic E-state index is 0.160. The van der Waals surface area contributed by atoms with E-state index in [0.29, 0.717) is 23.4 Å². The molecule has 0 unspecified atom stereocenters. The van der Waals surface area contributed by atoms with E-state index in [9.17, 15) is 9.59 Å². The fraction of sp³-hybridized carbons (Fsp3) is 0.167. The Balaban J connectivity index is 1.66. The van der Waals surface area contributed by atoms with Gasteiger partial charge in [0.25, 0.3) is 5.91 Å². The number of nitrogens with one attached hydrogen (secondary N) is 2. The van der Waals surface area contributed by atoms with Crippen LogP contribution in [0, 0.1) is 6.92 Å². The number of amides is 2. The molecule has 2 N–H and O–H groups in total. The molecule has 0 atom stereocenters. The number of hydrogen-bond donors (Lipinski definition) is 2. The first-order chi connectivity index (χ1) is 14.1. The van der Waals surface area contributed by atoms with Gasteiger partial charge in [-0.15, -0.1) is 0 Å². The van der Waals surface area contributed by atoms with Gasteiger partial charge in [0.15, 0.2) is 0 Å². The van der Waals surface area contributed by atoms with Crippen LogP contribution in [0.2, 0.25) is 0 Å². The molecule has 0 aliphatic heterocycles. The number of anilines is 2. The summed E-state index contributed by atoms with van der Waals surface area (Å²) in [6, 6.07) is 22.2. The summed E-state index contributed by atoms with van der Waals surface area (Å²) in [7, 11) is 1.61. The molecule has 0 saturated heterocycles. The Hall–Kier alpha value is -3.60. The highest BCUT2D eigenvalue weighted by Crippen LogP contribution is 2.21. The van der Waals surface area contributed by atoms with Gasteiger partial charge in [-0.05, 0) is 54.8 Å². The van der Waals surface area contributed by atoms with Crippen LogP contribution in [0.5, 0.6) is 5.75 Å². The van der Waals surface area contributed by atoms with Crippen LogP contribution in [0.1, 0.15) is 27.9 Å². The maximum atomic E-state index is 12.7. The van der Waals surface area contributed by atoms with Gasteiger partial charge in [-0.2, -0.15) is 0 Å². The zero-order valence-corrected chi connectivity index (χ0v) is 16.6. The molecule has 3 rings (SSSR count). The summed E-state index contributed by atoms with van der Waals surface area (Å²) in [5, 5.41) is 5.73. The first-order valence-electron chi connectivity index (χ1n) is 9.45. The van der Waals surface area contributed by atoms with Crippen LogP contribution in [0.3, 0.4) is 0 Å². The highest BCUT2D eigenvalue weighted by molar-refractivity contribution is 6.10. The van der Waals surface area contributed by atoms with E-state index in [1.54, 1.807) is 31.4 Å². The molecule has 0 spiro atoms. The number of benzene rings is 3. The predicted octanol–water partition coefficient (Wildman–Crippen LogP) is 4.83. The first kappa shape index (κ1) is 20.1. The average molecular weight is 388 g/mol. The lowest BCUT2D eigenvalue weighted by Crippen LogP contribution is -2.18. The molecule has 0 radical (unpaired) electrons. The summed E-state index contributed by atoms with van der Waals surface area (Å²) in [4.78, 5) is 25.2. The van der Waals surface area contributed by atoms with E-state index in [1.807, 2.05) is 55.5 Å². The number of carbonyl (C=O) groups excluding carboxylic acids is 2. The van der Waals surface area contributed by atoms with E-state index < -0.39 is 0 Å². The van der Waals surface area contributed by atoms with Crippen molar-refractivity contribution in [2.24, 2.45) is 0 Å². The summed E-state index contributed by atoms with van der Waals surface area (Å²) in [6.45, 7) is 1.96. The number of aryl methyl sites for hydroxylation is 2. The standard InChI is InChI=1S/C24H24N2O3/c1-17-8-7-10-19(16-17)25-24(28)20-11-4-5-12-21(20)26-23(27)15-14-18-9-3-6-13-22(18)29-2/h3-13,16H,14-15H2,1-2H3,(H,25,28)(H,26,27). The van der Waals surface area contributed by atoms with Crippen LogP contribution in [0.25, 0.3) is 0 Å². The summed E-state index contributed by atoms with van der Waals surface area (Å²) in [5.74, 6) is 0.334.